The Morgan fingerprint density at radius 3 is 2.75 bits per heavy atom. The first-order valence-electron chi connectivity index (χ1n) is 4.61. The minimum atomic E-state index is -0.852. The molecule has 0 spiro atoms. The van der Waals surface area contributed by atoms with E-state index in [4.69, 9.17) is 11.6 Å². The fraction of sp³-hybridized carbons (Fsp3) is 0.400. The van der Waals surface area contributed by atoms with Crippen molar-refractivity contribution in [1.82, 2.24) is 5.32 Å². The number of halogens is 1. The highest BCUT2D eigenvalue weighted by Gasteiger charge is 2.17. The number of rotatable bonds is 4. The molecule has 0 aliphatic heterocycles. The summed E-state index contributed by atoms with van der Waals surface area (Å²) in [6.07, 6.45) is 0. The van der Waals surface area contributed by atoms with Crippen LogP contribution in [-0.4, -0.2) is 30.9 Å². The van der Waals surface area contributed by atoms with Crippen molar-refractivity contribution in [3.05, 3.63) is 21.9 Å². The molecule has 1 heterocycles. The molecule has 0 fully saturated rings. The Morgan fingerprint density at radius 2 is 2.25 bits per heavy atom. The summed E-state index contributed by atoms with van der Waals surface area (Å²) in [6, 6.07) is 3.59. The van der Waals surface area contributed by atoms with Crippen LogP contribution in [0.1, 0.15) is 14.5 Å². The maximum atomic E-state index is 11.6. The van der Waals surface area contributed by atoms with Crippen molar-refractivity contribution < 1.29 is 14.3 Å². The maximum absolute atomic E-state index is 11.6. The van der Waals surface area contributed by atoms with E-state index >= 15 is 0 Å². The minimum Gasteiger partial charge on any atom is -0.468 e. The van der Waals surface area contributed by atoms with E-state index in [1.54, 1.807) is 6.07 Å². The number of ether oxygens (including phenoxy) is 1. The van der Waals surface area contributed by atoms with Crippen LogP contribution in [0.15, 0.2) is 12.1 Å². The number of hydrogen-bond acceptors (Lipinski definition) is 4. The summed E-state index contributed by atoms with van der Waals surface area (Å²) in [5.74, 6) is -0.781. The van der Waals surface area contributed by atoms with Crippen LogP contribution in [0.5, 0.6) is 0 Å². The lowest BCUT2D eigenvalue weighted by Gasteiger charge is -2.07. The highest BCUT2D eigenvalue weighted by molar-refractivity contribution is 7.13. The SMILES string of the molecule is COC(=O)C(Cl)CNC(=O)c1ccc(C)s1. The Balaban J connectivity index is 2.44. The van der Waals surface area contributed by atoms with E-state index < -0.39 is 11.3 Å². The smallest absolute Gasteiger partial charge is 0.325 e. The molecular formula is C10H12ClNO3S. The first-order valence-corrected chi connectivity index (χ1v) is 5.86. The quantitative estimate of drug-likeness (QED) is 0.661. The number of carbonyl (C=O) groups is 2. The zero-order chi connectivity index (χ0) is 12.1. The molecule has 88 valence electrons. The molecule has 1 rings (SSSR count). The fourth-order valence-electron chi connectivity index (χ4n) is 1.04. The van der Waals surface area contributed by atoms with Crippen LogP contribution >= 0.6 is 22.9 Å². The van der Waals surface area contributed by atoms with Gasteiger partial charge in [0.1, 0.15) is 5.38 Å². The Labute approximate surface area is 103 Å². The average molecular weight is 262 g/mol. The molecule has 0 radical (unpaired) electrons. The second kappa shape index (κ2) is 5.86. The molecule has 6 heteroatoms. The van der Waals surface area contributed by atoms with Crippen LogP contribution in [-0.2, 0) is 9.53 Å². The zero-order valence-corrected chi connectivity index (χ0v) is 10.5. The van der Waals surface area contributed by atoms with Gasteiger partial charge < -0.3 is 10.1 Å². The molecule has 0 bridgehead atoms. The van der Waals surface area contributed by atoms with Crippen molar-refractivity contribution in [2.45, 2.75) is 12.3 Å². The van der Waals surface area contributed by atoms with Crippen molar-refractivity contribution in [3.8, 4) is 0 Å². The summed E-state index contributed by atoms with van der Waals surface area (Å²) in [7, 11) is 1.25. The van der Waals surface area contributed by atoms with Gasteiger partial charge >= 0.3 is 5.97 Å². The lowest BCUT2D eigenvalue weighted by molar-refractivity contribution is -0.140. The highest BCUT2D eigenvalue weighted by atomic mass is 35.5. The number of methoxy groups -OCH3 is 1. The molecule has 0 saturated carbocycles. The van der Waals surface area contributed by atoms with Crippen LogP contribution in [0.3, 0.4) is 0 Å². The van der Waals surface area contributed by atoms with E-state index in [9.17, 15) is 9.59 Å². The van der Waals surface area contributed by atoms with Crippen LogP contribution in [0.25, 0.3) is 0 Å². The molecule has 1 aromatic rings. The summed E-state index contributed by atoms with van der Waals surface area (Å²) in [5, 5.41) is 1.71. The topological polar surface area (TPSA) is 55.4 Å². The third kappa shape index (κ3) is 3.50. The molecule has 0 aliphatic carbocycles. The van der Waals surface area contributed by atoms with Gasteiger partial charge in [-0.3, -0.25) is 9.59 Å². The van der Waals surface area contributed by atoms with Gasteiger partial charge in [0, 0.05) is 11.4 Å². The molecule has 1 N–H and O–H groups in total. The molecule has 1 atom stereocenters. The fourth-order valence-corrected chi connectivity index (χ4v) is 1.99. The number of aryl methyl sites for hydroxylation is 1. The first-order chi connectivity index (χ1) is 7.54. The normalized spacial score (nSPS) is 11.9. The van der Waals surface area contributed by atoms with Crippen LogP contribution in [0.4, 0.5) is 0 Å². The molecule has 0 aromatic carbocycles. The summed E-state index contributed by atoms with van der Waals surface area (Å²) in [4.78, 5) is 24.2. The Morgan fingerprint density at radius 1 is 1.56 bits per heavy atom. The van der Waals surface area contributed by atoms with Crippen molar-refractivity contribution in [1.29, 1.82) is 0 Å². The lowest BCUT2D eigenvalue weighted by Crippen LogP contribution is -2.33. The Hall–Kier alpha value is -1.07. The first kappa shape index (κ1) is 13.0. The number of hydrogen-bond donors (Lipinski definition) is 1. The van der Waals surface area contributed by atoms with Crippen molar-refractivity contribution in [2.75, 3.05) is 13.7 Å². The van der Waals surface area contributed by atoms with Gasteiger partial charge in [-0.25, -0.2) is 0 Å². The predicted octanol–water partition coefficient (Wildman–Crippen LogP) is 1.57. The van der Waals surface area contributed by atoms with Crippen molar-refractivity contribution in [2.24, 2.45) is 0 Å². The lowest BCUT2D eigenvalue weighted by atomic mass is 10.4. The predicted molar refractivity (Wildman–Crippen MR) is 63.0 cm³/mol. The number of carbonyl (C=O) groups excluding carboxylic acids is 2. The summed E-state index contributed by atoms with van der Waals surface area (Å²) < 4.78 is 4.43. The third-order valence-electron chi connectivity index (χ3n) is 1.86. The standard InChI is InChI=1S/C10H12ClNO3S/c1-6-3-4-8(16-6)9(13)12-5-7(11)10(14)15-2/h3-4,7H,5H2,1-2H3,(H,12,13). The van der Waals surface area contributed by atoms with E-state index in [0.29, 0.717) is 4.88 Å². The van der Waals surface area contributed by atoms with Gasteiger partial charge in [0.05, 0.1) is 12.0 Å². The molecule has 1 amide bonds. The van der Waals surface area contributed by atoms with Crippen LogP contribution in [0, 0.1) is 6.92 Å². The molecule has 0 saturated heterocycles. The van der Waals surface area contributed by atoms with E-state index in [0.717, 1.165) is 4.88 Å². The second-order valence-corrected chi connectivity index (χ2v) is 4.93. The molecule has 1 aromatic heterocycles. The van der Waals surface area contributed by atoms with E-state index in [-0.39, 0.29) is 12.5 Å². The van der Waals surface area contributed by atoms with E-state index in [2.05, 4.69) is 10.1 Å². The van der Waals surface area contributed by atoms with Gasteiger partial charge in [-0.15, -0.1) is 22.9 Å². The molecule has 1 unspecified atom stereocenters. The summed E-state index contributed by atoms with van der Waals surface area (Å²) in [5.41, 5.74) is 0. The van der Waals surface area contributed by atoms with Gasteiger partial charge in [0.2, 0.25) is 0 Å². The van der Waals surface area contributed by atoms with Crippen LogP contribution < -0.4 is 5.32 Å². The maximum Gasteiger partial charge on any atom is 0.325 e. The van der Waals surface area contributed by atoms with Crippen molar-refractivity contribution >= 4 is 34.8 Å². The van der Waals surface area contributed by atoms with Crippen LogP contribution in [0.2, 0.25) is 0 Å². The second-order valence-electron chi connectivity index (χ2n) is 3.11. The Bertz CT molecular complexity index is 391. The van der Waals surface area contributed by atoms with Crippen molar-refractivity contribution in [3.63, 3.8) is 0 Å². The zero-order valence-electron chi connectivity index (χ0n) is 8.95. The molecule has 16 heavy (non-hydrogen) atoms. The van der Waals surface area contributed by atoms with E-state index in [1.165, 1.54) is 18.4 Å². The van der Waals surface area contributed by atoms with E-state index in [1.807, 2.05) is 13.0 Å². The molecule has 0 aliphatic rings. The van der Waals surface area contributed by atoms with Gasteiger partial charge in [-0.2, -0.15) is 0 Å². The summed E-state index contributed by atoms with van der Waals surface area (Å²) in [6.45, 7) is 1.98. The average Bonchev–Trinajstić information content (AvgIpc) is 2.71. The van der Waals surface area contributed by atoms with Gasteiger partial charge in [-0.05, 0) is 19.1 Å². The largest absolute Gasteiger partial charge is 0.468 e. The number of esters is 1. The minimum absolute atomic E-state index is 0.0595. The number of alkyl halides is 1. The van der Waals surface area contributed by atoms with Gasteiger partial charge in [0.25, 0.3) is 5.91 Å². The molecular weight excluding hydrogens is 250 g/mol. The molecule has 4 nitrogen and oxygen atoms in total. The third-order valence-corrected chi connectivity index (χ3v) is 3.19. The number of nitrogens with one attached hydrogen (secondary N) is 1. The monoisotopic (exact) mass is 261 g/mol. The van der Waals surface area contributed by atoms with Gasteiger partial charge in [-0.1, -0.05) is 0 Å². The number of thiophene rings is 1. The van der Waals surface area contributed by atoms with Gasteiger partial charge in [0.15, 0.2) is 0 Å². The number of amides is 1. The Kier molecular flexibility index (Phi) is 4.76. The summed E-state index contributed by atoms with van der Waals surface area (Å²) >= 11 is 7.07. The highest BCUT2D eigenvalue weighted by Crippen LogP contribution is 2.14.